The molecular formula is C21H24N2O5. The lowest BCUT2D eigenvalue weighted by Crippen LogP contribution is -2.37. The van der Waals surface area contributed by atoms with Gasteiger partial charge in [-0.1, -0.05) is 12.1 Å². The number of hydrogen-bond acceptors (Lipinski definition) is 4. The molecule has 7 nitrogen and oxygen atoms in total. The molecule has 28 heavy (non-hydrogen) atoms. The Balaban J connectivity index is 1.82. The number of carboxylic acid groups (broad SMARTS) is 1. The number of benzene rings is 2. The summed E-state index contributed by atoms with van der Waals surface area (Å²) in [6, 6.07) is 9.98. The van der Waals surface area contributed by atoms with Gasteiger partial charge in [-0.15, -0.1) is 0 Å². The van der Waals surface area contributed by atoms with Crippen LogP contribution in [0.15, 0.2) is 36.4 Å². The maximum atomic E-state index is 12.1. The van der Waals surface area contributed by atoms with Crippen LogP contribution in [0, 0.1) is 13.8 Å². The number of aryl methyl sites for hydroxylation is 2. The van der Waals surface area contributed by atoms with Crippen LogP contribution in [0.2, 0.25) is 0 Å². The molecule has 2 aromatic carbocycles. The summed E-state index contributed by atoms with van der Waals surface area (Å²) in [4.78, 5) is 35.1. The van der Waals surface area contributed by atoms with Crippen molar-refractivity contribution in [2.24, 2.45) is 0 Å². The normalized spacial score (nSPS) is 10.2. The number of ether oxygens (including phenoxy) is 1. The summed E-state index contributed by atoms with van der Waals surface area (Å²) in [7, 11) is 1.46. The van der Waals surface area contributed by atoms with Crippen LogP contribution in [0.3, 0.4) is 0 Å². The number of carbonyl (C=O) groups excluding carboxylic acids is 2. The van der Waals surface area contributed by atoms with Gasteiger partial charge in [0.15, 0.2) is 0 Å². The van der Waals surface area contributed by atoms with Crippen LogP contribution in [0.25, 0.3) is 0 Å². The van der Waals surface area contributed by atoms with Crippen molar-refractivity contribution in [1.82, 2.24) is 10.6 Å². The Hall–Kier alpha value is -3.35. The molecule has 0 aliphatic rings. The van der Waals surface area contributed by atoms with E-state index in [0.717, 1.165) is 16.7 Å². The van der Waals surface area contributed by atoms with E-state index in [9.17, 15) is 14.4 Å². The zero-order chi connectivity index (χ0) is 20.7. The molecule has 0 aromatic heterocycles. The van der Waals surface area contributed by atoms with Crippen LogP contribution in [0.5, 0.6) is 5.75 Å². The van der Waals surface area contributed by atoms with E-state index in [-0.39, 0.29) is 23.9 Å². The van der Waals surface area contributed by atoms with Crippen molar-refractivity contribution >= 4 is 17.8 Å². The zero-order valence-electron chi connectivity index (χ0n) is 16.2. The molecule has 0 spiro atoms. The Morgan fingerprint density at radius 3 is 2.32 bits per heavy atom. The monoisotopic (exact) mass is 384 g/mol. The molecule has 0 bridgehead atoms. The van der Waals surface area contributed by atoms with Crippen LogP contribution < -0.4 is 15.4 Å². The standard InChI is InChI=1S/C21H24N2O5/c1-13-4-5-16(10-14(13)2)20(25)23-12-19(24)22-9-8-15-6-7-17(21(26)27)11-18(15)28-3/h4-7,10-11H,8-9,12H2,1-3H3,(H,22,24)(H,23,25)(H,26,27). The predicted octanol–water partition coefficient (Wildman–Crippen LogP) is 2.10. The molecule has 0 radical (unpaired) electrons. The maximum Gasteiger partial charge on any atom is 0.335 e. The van der Waals surface area contributed by atoms with Crippen LogP contribution in [-0.2, 0) is 11.2 Å². The van der Waals surface area contributed by atoms with E-state index < -0.39 is 5.97 Å². The number of carbonyl (C=O) groups is 3. The second-order valence-corrected chi connectivity index (χ2v) is 6.41. The summed E-state index contributed by atoms with van der Waals surface area (Å²) in [5, 5.41) is 14.3. The van der Waals surface area contributed by atoms with Gasteiger partial charge in [0.05, 0.1) is 19.2 Å². The molecule has 0 atom stereocenters. The Bertz CT molecular complexity index is 892. The predicted molar refractivity (Wildman–Crippen MR) is 105 cm³/mol. The van der Waals surface area contributed by atoms with Gasteiger partial charge in [-0.25, -0.2) is 4.79 Å². The van der Waals surface area contributed by atoms with Crippen LogP contribution >= 0.6 is 0 Å². The van der Waals surface area contributed by atoms with E-state index in [1.54, 1.807) is 18.2 Å². The largest absolute Gasteiger partial charge is 0.496 e. The number of amides is 2. The minimum atomic E-state index is -1.03. The molecule has 2 aromatic rings. The summed E-state index contributed by atoms with van der Waals surface area (Å²) in [6.07, 6.45) is 0.472. The minimum Gasteiger partial charge on any atom is -0.496 e. The van der Waals surface area contributed by atoms with Crippen LogP contribution in [0.4, 0.5) is 0 Å². The van der Waals surface area contributed by atoms with E-state index in [1.165, 1.54) is 19.2 Å². The average molecular weight is 384 g/mol. The summed E-state index contributed by atoms with van der Waals surface area (Å²) < 4.78 is 5.21. The number of nitrogens with one attached hydrogen (secondary N) is 2. The van der Waals surface area contributed by atoms with Gasteiger partial charge in [0, 0.05) is 12.1 Å². The number of hydrogen-bond donors (Lipinski definition) is 3. The fourth-order valence-corrected chi connectivity index (χ4v) is 2.63. The summed E-state index contributed by atoms with van der Waals surface area (Å²) in [5.41, 5.74) is 3.55. The van der Waals surface area contributed by atoms with Crippen molar-refractivity contribution in [3.63, 3.8) is 0 Å². The van der Waals surface area contributed by atoms with E-state index in [1.807, 2.05) is 19.9 Å². The summed E-state index contributed by atoms with van der Waals surface area (Å²) >= 11 is 0. The number of carboxylic acids is 1. The number of aromatic carboxylic acids is 1. The second-order valence-electron chi connectivity index (χ2n) is 6.41. The SMILES string of the molecule is COc1cc(C(=O)O)ccc1CCNC(=O)CNC(=O)c1ccc(C)c(C)c1. The van der Waals surface area contributed by atoms with Gasteiger partial charge in [-0.2, -0.15) is 0 Å². The lowest BCUT2D eigenvalue weighted by molar-refractivity contribution is -0.120. The lowest BCUT2D eigenvalue weighted by Gasteiger charge is -2.11. The molecule has 0 aliphatic carbocycles. The second kappa shape index (κ2) is 9.55. The number of rotatable bonds is 8. The van der Waals surface area contributed by atoms with Gasteiger partial charge in [0.2, 0.25) is 5.91 Å². The van der Waals surface area contributed by atoms with E-state index in [4.69, 9.17) is 9.84 Å². The smallest absolute Gasteiger partial charge is 0.335 e. The highest BCUT2D eigenvalue weighted by Crippen LogP contribution is 2.20. The molecule has 0 saturated carbocycles. The fraction of sp³-hybridized carbons (Fsp3) is 0.286. The van der Waals surface area contributed by atoms with Crippen LogP contribution in [-0.4, -0.2) is 43.1 Å². The summed E-state index contributed by atoms with van der Waals surface area (Å²) in [5.74, 6) is -1.18. The Morgan fingerprint density at radius 1 is 0.964 bits per heavy atom. The summed E-state index contributed by atoms with van der Waals surface area (Å²) in [6.45, 7) is 4.10. The third-order valence-corrected chi connectivity index (χ3v) is 4.43. The minimum absolute atomic E-state index is 0.124. The molecule has 2 rings (SSSR count). The van der Waals surface area contributed by atoms with Crippen molar-refractivity contribution in [2.75, 3.05) is 20.2 Å². The van der Waals surface area contributed by atoms with Crippen molar-refractivity contribution in [3.05, 3.63) is 64.2 Å². The molecule has 3 N–H and O–H groups in total. The molecule has 0 aliphatic heterocycles. The molecule has 7 heteroatoms. The van der Waals surface area contributed by atoms with Gasteiger partial charge < -0.3 is 20.5 Å². The first-order valence-corrected chi connectivity index (χ1v) is 8.84. The Labute approximate surface area is 163 Å². The van der Waals surface area contributed by atoms with Gasteiger partial charge in [0.25, 0.3) is 5.91 Å². The van der Waals surface area contributed by atoms with Gasteiger partial charge in [-0.05, 0) is 61.2 Å². The Kier molecular flexibility index (Phi) is 7.14. The van der Waals surface area contributed by atoms with Crippen LogP contribution in [0.1, 0.15) is 37.4 Å². The highest BCUT2D eigenvalue weighted by molar-refractivity contribution is 5.96. The highest BCUT2D eigenvalue weighted by atomic mass is 16.5. The quantitative estimate of drug-likeness (QED) is 0.646. The van der Waals surface area contributed by atoms with Crippen molar-refractivity contribution in [2.45, 2.75) is 20.3 Å². The molecule has 0 fully saturated rings. The first kappa shape index (κ1) is 21.0. The van der Waals surface area contributed by atoms with E-state index in [0.29, 0.717) is 24.3 Å². The fourth-order valence-electron chi connectivity index (χ4n) is 2.63. The topological polar surface area (TPSA) is 105 Å². The van der Waals surface area contributed by atoms with Crippen molar-refractivity contribution in [3.8, 4) is 5.75 Å². The molecule has 148 valence electrons. The first-order chi connectivity index (χ1) is 13.3. The highest BCUT2D eigenvalue weighted by Gasteiger charge is 2.11. The molecule has 0 saturated heterocycles. The molecule has 2 amide bonds. The molecule has 0 heterocycles. The van der Waals surface area contributed by atoms with E-state index in [2.05, 4.69) is 10.6 Å². The third-order valence-electron chi connectivity index (χ3n) is 4.43. The van der Waals surface area contributed by atoms with E-state index >= 15 is 0 Å². The molecular weight excluding hydrogens is 360 g/mol. The zero-order valence-corrected chi connectivity index (χ0v) is 16.2. The molecule has 0 unspecified atom stereocenters. The van der Waals surface area contributed by atoms with Gasteiger partial charge in [0.1, 0.15) is 5.75 Å². The maximum absolute atomic E-state index is 12.1. The third kappa shape index (κ3) is 5.57. The Morgan fingerprint density at radius 2 is 1.68 bits per heavy atom. The first-order valence-electron chi connectivity index (χ1n) is 8.84. The van der Waals surface area contributed by atoms with Gasteiger partial charge >= 0.3 is 5.97 Å². The van der Waals surface area contributed by atoms with Gasteiger partial charge in [-0.3, -0.25) is 9.59 Å². The average Bonchev–Trinajstić information content (AvgIpc) is 2.68. The lowest BCUT2D eigenvalue weighted by atomic mass is 10.1. The van der Waals surface area contributed by atoms with Crippen molar-refractivity contribution in [1.29, 1.82) is 0 Å². The number of methoxy groups -OCH3 is 1. The van der Waals surface area contributed by atoms with Crippen molar-refractivity contribution < 1.29 is 24.2 Å².